The van der Waals surface area contributed by atoms with Crippen LogP contribution in [0.5, 0.6) is 0 Å². The molecule has 2 atom stereocenters. The topological polar surface area (TPSA) is 28.2 Å². The molecule has 1 aliphatic heterocycles. The van der Waals surface area contributed by atoms with Gasteiger partial charge in [0.15, 0.2) is 0 Å². The first kappa shape index (κ1) is 14.7. The van der Waals surface area contributed by atoms with Crippen molar-refractivity contribution in [3.63, 3.8) is 0 Å². The Hall–Kier alpha value is -1.23. The molecule has 3 rings (SSSR count). The van der Waals surface area contributed by atoms with Crippen LogP contribution in [0.25, 0.3) is 0 Å². The number of hydrogen-bond acceptors (Lipinski definition) is 4. The molecule has 0 saturated carbocycles. The number of benzene rings is 1. The highest BCUT2D eigenvalue weighted by atomic mass is 32.1. The molecule has 0 amide bonds. The van der Waals surface area contributed by atoms with Crippen LogP contribution < -0.4 is 5.32 Å². The molecule has 2 heterocycles. The quantitative estimate of drug-likeness (QED) is 0.941. The third-order valence-corrected chi connectivity index (χ3v) is 4.96. The van der Waals surface area contributed by atoms with Gasteiger partial charge in [-0.05, 0) is 25.8 Å². The van der Waals surface area contributed by atoms with Crippen molar-refractivity contribution in [3.05, 3.63) is 52.0 Å². The van der Waals surface area contributed by atoms with E-state index in [2.05, 4.69) is 64.8 Å². The highest BCUT2D eigenvalue weighted by Gasteiger charge is 2.25. The molecule has 4 heteroatoms. The van der Waals surface area contributed by atoms with Gasteiger partial charge in [-0.2, -0.15) is 0 Å². The Bertz CT molecular complexity index is 566. The number of aryl methyl sites for hydroxylation is 1. The standard InChI is InChI=1S/C17H23N3S/c1-13-9-18-16(8-15-6-4-3-5-7-15)10-20(13)11-17-12-21-14(2)19-17/h3-7,12-13,16,18H,8-11H2,1-2H3. The lowest BCUT2D eigenvalue weighted by Gasteiger charge is -2.38. The summed E-state index contributed by atoms with van der Waals surface area (Å²) < 4.78 is 0. The Morgan fingerprint density at radius 3 is 2.86 bits per heavy atom. The fourth-order valence-corrected chi connectivity index (χ4v) is 3.54. The van der Waals surface area contributed by atoms with Crippen molar-refractivity contribution in [1.82, 2.24) is 15.2 Å². The average molecular weight is 301 g/mol. The number of nitrogens with zero attached hydrogens (tertiary/aromatic N) is 2. The molecule has 1 N–H and O–H groups in total. The molecular weight excluding hydrogens is 278 g/mol. The van der Waals surface area contributed by atoms with Crippen LogP contribution in [-0.4, -0.2) is 35.1 Å². The molecule has 1 aromatic carbocycles. The second-order valence-corrected chi connectivity index (χ2v) is 6.99. The minimum atomic E-state index is 0.531. The molecule has 1 fully saturated rings. The van der Waals surface area contributed by atoms with Crippen LogP contribution in [-0.2, 0) is 13.0 Å². The first-order chi connectivity index (χ1) is 10.2. The summed E-state index contributed by atoms with van der Waals surface area (Å²) in [4.78, 5) is 7.16. The van der Waals surface area contributed by atoms with Crippen LogP contribution in [0.1, 0.15) is 23.2 Å². The van der Waals surface area contributed by atoms with Crippen molar-refractivity contribution in [2.45, 2.75) is 38.9 Å². The molecule has 0 bridgehead atoms. The molecule has 0 aliphatic carbocycles. The van der Waals surface area contributed by atoms with E-state index in [9.17, 15) is 0 Å². The fraction of sp³-hybridized carbons (Fsp3) is 0.471. The number of thiazole rings is 1. The first-order valence-corrected chi connectivity index (χ1v) is 8.51. The molecule has 2 unspecified atom stereocenters. The summed E-state index contributed by atoms with van der Waals surface area (Å²) >= 11 is 1.74. The number of hydrogen-bond donors (Lipinski definition) is 1. The van der Waals surface area contributed by atoms with E-state index in [0.29, 0.717) is 12.1 Å². The van der Waals surface area contributed by atoms with Gasteiger partial charge in [-0.3, -0.25) is 4.90 Å². The third kappa shape index (κ3) is 3.90. The van der Waals surface area contributed by atoms with E-state index in [4.69, 9.17) is 0 Å². The first-order valence-electron chi connectivity index (χ1n) is 7.63. The summed E-state index contributed by atoms with van der Waals surface area (Å²) in [5.41, 5.74) is 2.62. The summed E-state index contributed by atoms with van der Waals surface area (Å²) in [6.45, 7) is 7.49. The van der Waals surface area contributed by atoms with E-state index in [0.717, 1.165) is 31.1 Å². The molecular formula is C17H23N3S. The van der Waals surface area contributed by atoms with Gasteiger partial charge in [-0.25, -0.2) is 4.98 Å². The molecule has 0 radical (unpaired) electrons. The Kier molecular flexibility index (Phi) is 4.68. The summed E-state index contributed by atoms with van der Waals surface area (Å²) in [5.74, 6) is 0. The lowest BCUT2D eigenvalue weighted by atomic mass is 10.0. The van der Waals surface area contributed by atoms with Gasteiger partial charge in [-0.1, -0.05) is 30.3 Å². The van der Waals surface area contributed by atoms with Gasteiger partial charge in [-0.15, -0.1) is 11.3 Å². The van der Waals surface area contributed by atoms with Gasteiger partial charge in [0.05, 0.1) is 10.7 Å². The monoisotopic (exact) mass is 301 g/mol. The van der Waals surface area contributed by atoms with Gasteiger partial charge >= 0.3 is 0 Å². The van der Waals surface area contributed by atoms with Crippen molar-refractivity contribution in [2.24, 2.45) is 0 Å². The van der Waals surface area contributed by atoms with Crippen molar-refractivity contribution < 1.29 is 0 Å². The molecule has 3 nitrogen and oxygen atoms in total. The minimum absolute atomic E-state index is 0.531. The predicted molar refractivity (Wildman–Crippen MR) is 88.7 cm³/mol. The molecule has 1 aromatic heterocycles. The lowest BCUT2D eigenvalue weighted by molar-refractivity contribution is 0.131. The Labute approximate surface area is 131 Å². The second-order valence-electron chi connectivity index (χ2n) is 5.93. The van der Waals surface area contributed by atoms with E-state index < -0.39 is 0 Å². The van der Waals surface area contributed by atoms with Crippen molar-refractivity contribution in [1.29, 1.82) is 0 Å². The lowest BCUT2D eigenvalue weighted by Crippen LogP contribution is -2.55. The highest BCUT2D eigenvalue weighted by Crippen LogP contribution is 2.16. The Morgan fingerprint density at radius 2 is 2.14 bits per heavy atom. The summed E-state index contributed by atoms with van der Waals surface area (Å²) in [6, 6.07) is 11.9. The normalized spacial score (nSPS) is 23.3. The summed E-state index contributed by atoms with van der Waals surface area (Å²) in [7, 11) is 0. The number of nitrogens with one attached hydrogen (secondary N) is 1. The Morgan fingerprint density at radius 1 is 1.33 bits per heavy atom. The fourth-order valence-electron chi connectivity index (χ4n) is 2.94. The van der Waals surface area contributed by atoms with E-state index in [1.807, 2.05) is 0 Å². The molecule has 1 aliphatic rings. The van der Waals surface area contributed by atoms with E-state index in [1.165, 1.54) is 11.3 Å². The van der Waals surface area contributed by atoms with Crippen LogP contribution in [0.2, 0.25) is 0 Å². The summed E-state index contributed by atoms with van der Waals surface area (Å²) in [6.07, 6.45) is 1.10. The zero-order valence-electron chi connectivity index (χ0n) is 12.7. The van der Waals surface area contributed by atoms with Crippen molar-refractivity contribution in [2.75, 3.05) is 13.1 Å². The van der Waals surface area contributed by atoms with Gasteiger partial charge in [0.1, 0.15) is 0 Å². The van der Waals surface area contributed by atoms with Crippen LogP contribution in [0.3, 0.4) is 0 Å². The van der Waals surface area contributed by atoms with E-state index in [-0.39, 0.29) is 0 Å². The van der Waals surface area contributed by atoms with Crippen LogP contribution in [0.15, 0.2) is 35.7 Å². The van der Waals surface area contributed by atoms with Gasteiger partial charge < -0.3 is 5.32 Å². The van der Waals surface area contributed by atoms with Gasteiger partial charge in [0.2, 0.25) is 0 Å². The van der Waals surface area contributed by atoms with Crippen LogP contribution in [0, 0.1) is 6.92 Å². The Balaban J connectivity index is 1.61. The van der Waals surface area contributed by atoms with Crippen molar-refractivity contribution >= 4 is 11.3 Å². The van der Waals surface area contributed by atoms with E-state index >= 15 is 0 Å². The summed E-state index contributed by atoms with van der Waals surface area (Å²) in [5, 5.41) is 7.03. The maximum Gasteiger partial charge on any atom is 0.0897 e. The smallest absolute Gasteiger partial charge is 0.0897 e. The largest absolute Gasteiger partial charge is 0.311 e. The minimum Gasteiger partial charge on any atom is -0.311 e. The van der Waals surface area contributed by atoms with E-state index in [1.54, 1.807) is 11.3 Å². The zero-order valence-corrected chi connectivity index (χ0v) is 13.6. The zero-order chi connectivity index (χ0) is 14.7. The molecule has 112 valence electrons. The third-order valence-electron chi connectivity index (χ3n) is 4.14. The highest BCUT2D eigenvalue weighted by molar-refractivity contribution is 7.09. The molecule has 21 heavy (non-hydrogen) atoms. The van der Waals surface area contributed by atoms with Crippen molar-refractivity contribution in [3.8, 4) is 0 Å². The number of piperazine rings is 1. The maximum atomic E-state index is 4.60. The predicted octanol–water partition coefficient (Wildman–Crippen LogP) is 2.86. The SMILES string of the molecule is Cc1nc(CN2CC(Cc3ccccc3)NCC2C)cs1. The maximum absolute atomic E-state index is 4.60. The van der Waals surface area contributed by atoms with Gasteiger partial charge in [0, 0.05) is 37.1 Å². The number of rotatable bonds is 4. The molecule has 1 saturated heterocycles. The van der Waals surface area contributed by atoms with Crippen LogP contribution >= 0.6 is 11.3 Å². The van der Waals surface area contributed by atoms with Crippen LogP contribution in [0.4, 0.5) is 0 Å². The average Bonchev–Trinajstić information content (AvgIpc) is 2.89. The van der Waals surface area contributed by atoms with Gasteiger partial charge in [0.25, 0.3) is 0 Å². The molecule has 0 spiro atoms. The second kappa shape index (κ2) is 6.69. The number of aromatic nitrogens is 1. The molecule has 2 aromatic rings.